The third kappa shape index (κ3) is 5.09. The van der Waals surface area contributed by atoms with Crippen LogP contribution in [0.4, 0.5) is 0 Å². The van der Waals surface area contributed by atoms with E-state index in [-0.39, 0.29) is 12.4 Å². The highest BCUT2D eigenvalue weighted by Gasteiger charge is 2.08. The number of benzene rings is 3. The Morgan fingerprint density at radius 3 is 2.39 bits per heavy atom. The summed E-state index contributed by atoms with van der Waals surface area (Å²) >= 11 is 0. The Morgan fingerprint density at radius 1 is 0.964 bits per heavy atom. The molecule has 0 atom stereocenters. The Hall–Kier alpha value is -3.84. The van der Waals surface area contributed by atoms with E-state index in [1.165, 1.54) is 0 Å². The van der Waals surface area contributed by atoms with E-state index in [2.05, 4.69) is 6.07 Å². The van der Waals surface area contributed by atoms with Crippen LogP contribution in [-0.2, 0) is 11.2 Å². The average molecular weight is 369 g/mol. The summed E-state index contributed by atoms with van der Waals surface area (Å²) in [6.07, 6.45) is 1.94. The van der Waals surface area contributed by atoms with Gasteiger partial charge in [-0.15, -0.1) is 0 Å². The molecular formula is C24H19NO3. The number of ether oxygens (including phenoxy) is 2. The van der Waals surface area contributed by atoms with Crippen molar-refractivity contribution in [2.24, 2.45) is 0 Å². The molecule has 0 bridgehead atoms. The molecule has 4 heteroatoms. The topological polar surface area (TPSA) is 59.3 Å². The zero-order chi connectivity index (χ0) is 19.8. The van der Waals surface area contributed by atoms with Crippen molar-refractivity contribution in [2.75, 3.05) is 7.11 Å². The van der Waals surface area contributed by atoms with Gasteiger partial charge in [0.25, 0.3) is 0 Å². The van der Waals surface area contributed by atoms with Gasteiger partial charge in [0, 0.05) is 0 Å². The molecule has 0 aromatic heterocycles. The van der Waals surface area contributed by atoms with E-state index in [9.17, 15) is 10.1 Å². The van der Waals surface area contributed by atoms with Crippen molar-refractivity contribution in [3.8, 4) is 17.6 Å². The van der Waals surface area contributed by atoms with Crippen LogP contribution in [0.25, 0.3) is 11.6 Å². The molecule has 4 nitrogen and oxygen atoms in total. The maximum absolute atomic E-state index is 12.2. The molecule has 0 spiro atoms. The Morgan fingerprint density at radius 2 is 1.71 bits per heavy atom. The normalized spacial score (nSPS) is 10.8. The highest BCUT2D eigenvalue weighted by molar-refractivity contribution is 5.89. The van der Waals surface area contributed by atoms with E-state index in [0.29, 0.717) is 11.3 Å². The fraction of sp³-hybridized carbons (Fsp3) is 0.0833. The summed E-state index contributed by atoms with van der Waals surface area (Å²) < 4.78 is 10.6. The number of methoxy groups -OCH3 is 1. The second kappa shape index (κ2) is 9.20. The van der Waals surface area contributed by atoms with Crippen LogP contribution in [0.3, 0.4) is 0 Å². The minimum atomic E-state index is -0.352. The zero-order valence-corrected chi connectivity index (χ0v) is 15.5. The van der Waals surface area contributed by atoms with Gasteiger partial charge in [-0.1, -0.05) is 54.6 Å². The van der Waals surface area contributed by atoms with Crippen LogP contribution in [0.5, 0.6) is 11.5 Å². The molecule has 0 aliphatic carbocycles. The molecule has 0 saturated heterocycles. The molecular weight excluding hydrogens is 350 g/mol. The third-order valence-electron chi connectivity index (χ3n) is 4.11. The first-order valence-corrected chi connectivity index (χ1v) is 8.79. The summed E-state index contributed by atoms with van der Waals surface area (Å²) in [6, 6.07) is 26.0. The summed E-state index contributed by atoms with van der Waals surface area (Å²) in [4.78, 5) is 12.2. The minimum Gasteiger partial charge on any atom is -0.497 e. The van der Waals surface area contributed by atoms with Crippen LogP contribution in [0.15, 0.2) is 78.9 Å². The van der Waals surface area contributed by atoms with Gasteiger partial charge in [-0.05, 0) is 47.0 Å². The quantitative estimate of drug-likeness (QED) is 0.268. The number of carbonyl (C=O) groups excluding carboxylic acids is 1. The standard InChI is InChI=1S/C24H19NO3/c1-27-22-12-10-18(11-13-22)16-24(26)28-23-9-5-6-19(15-23)14-21(17-25)20-7-3-2-4-8-20/h2-15H,16H2,1H3/b21-14-. The monoisotopic (exact) mass is 369 g/mol. The van der Waals surface area contributed by atoms with Crippen molar-refractivity contribution < 1.29 is 14.3 Å². The van der Waals surface area contributed by atoms with E-state index in [1.54, 1.807) is 43.5 Å². The van der Waals surface area contributed by atoms with Crippen LogP contribution in [0.2, 0.25) is 0 Å². The molecule has 0 aliphatic rings. The number of carbonyl (C=O) groups is 1. The average Bonchev–Trinajstić information content (AvgIpc) is 2.73. The molecule has 28 heavy (non-hydrogen) atoms. The molecule has 0 fully saturated rings. The van der Waals surface area contributed by atoms with Gasteiger partial charge in [-0.25, -0.2) is 0 Å². The highest BCUT2D eigenvalue weighted by Crippen LogP contribution is 2.21. The number of nitriles is 1. The number of rotatable bonds is 6. The summed E-state index contributed by atoms with van der Waals surface area (Å²) in [5.74, 6) is 0.829. The van der Waals surface area contributed by atoms with Crippen molar-refractivity contribution in [2.45, 2.75) is 6.42 Å². The molecule has 0 N–H and O–H groups in total. The lowest BCUT2D eigenvalue weighted by Crippen LogP contribution is -2.11. The predicted molar refractivity (Wildman–Crippen MR) is 109 cm³/mol. The van der Waals surface area contributed by atoms with Crippen LogP contribution in [0.1, 0.15) is 16.7 Å². The second-order valence-electron chi connectivity index (χ2n) is 6.11. The van der Waals surface area contributed by atoms with E-state index in [0.717, 1.165) is 22.4 Å². The summed E-state index contributed by atoms with van der Waals surface area (Å²) in [5, 5.41) is 9.44. The summed E-state index contributed by atoms with van der Waals surface area (Å²) in [6.45, 7) is 0. The Bertz CT molecular complexity index is 1020. The van der Waals surface area contributed by atoms with Crippen molar-refractivity contribution in [3.63, 3.8) is 0 Å². The van der Waals surface area contributed by atoms with Crippen LogP contribution < -0.4 is 9.47 Å². The molecule has 0 unspecified atom stereocenters. The Balaban J connectivity index is 1.71. The van der Waals surface area contributed by atoms with E-state index >= 15 is 0 Å². The molecule has 3 aromatic rings. The number of hydrogen-bond acceptors (Lipinski definition) is 4. The van der Waals surface area contributed by atoms with E-state index < -0.39 is 0 Å². The van der Waals surface area contributed by atoms with Crippen LogP contribution in [0, 0.1) is 11.3 Å². The maximum atomic E-state index is 12.2. The Labute approximate surface area is 164 Å². The number of nitrogens with zero attached hydrogens (tertiary/aromatic N) is 1. The van der Waals surface area contributed by atoms with Gasteiger partial charge in [-0.3, -0.25) is 4.79 Å². The van der Waals surface area contributed by atoms with Gasteiger partial charge >= 0.3 is 5.97 Å². The molecule has 138 valence electrons. The van der Waals surface area contributed by atoms with Crippen molar-refractivity contribution in [1.29, 1.82) is 5.26 Å². The van der Waals surface area contributed by atoms with Crippen LogP contribution >= 0.6 is 0 Å². The van der Waals surface area contributed by atoms with Crippen LogP contribution in [-0.4, -0.2) is 13.1 Å². The maximum Gasteiger partial charge on any atom is 0.315 e. The van der Waals surface area contributed by atoms with Gasteiger partial charge in [0.1, 0.15) is 11.5 Å². The fourth-order valence-electron chi connectivity index (χ4n) is 2.71. The van der Waals surface area contributed by atoms with Gasteiger partial charge in [0.05, 0.1) is 25.2 Å². The lowest BCUT2D eigenvalue weighted by molar-refractivity contribution is -0.133. The van der Waals surface area contributed by atoms with Gasteiger partial charge in [0.2, 0.25) is 0 Å². The minimum absolute atomic E-state index is 0.164. The smallest absolute Gasteiger partial charge is 0.315 e. The largest absolute Gasteiger partial charge is 0.497 e. The first-order chi connectivity index (χ1) is 13.7. The molecule has 3 rings (SSSR count). The second-order valence-corrected chi connectivity index (χ2v) is 6.11. The Kier molecular flexibility index (Phi) is 6.22. The zero-order valence-electron chi connectivity index (χ0n) is 15.5. The van der Waals surface area contributed by atoms with Gasteiger partial charge in [-0.2, -0.15) is 5.26 Å². The molecule has 0 amide bonds. The first kappa shape index (κ1) is 18.9. The molecule has 0 aliphatic heterocycles. The number of esters is 1. The van der Waals surface area contributed by atoms with E-state index in [1.807, 2.05) is 48.5 Å². The number of hydrogen-bond donors (Lipinski definition) is 0. The lowest BCUT2D eigenvalue weighted by Gasteiger charge is -2.06. The van der Waals surface area contributed by atoms with Gasteiger partial charge < -0.3 is 9.47 Å². The summed E-state index contributed by atoms with van der Waals surface area (Å²) in [5.41, 5.74) is 3.02. The highest BCUT2D eigenvalue weighted by atomic mass is 16.5. The number of allylic oxidation sites excluding steroid dienone is 1. The third-order valence-corrected chi connectivity index (χ3v) is 4.11. The van der Waals surface area contributed by atoms with Gasteiger partial charge in [0.15, 0.2) is 0 Å². The molecule has 0 saturated carbocycles. The molecule has 3 aromatic carbocycles. The predicted octanol–water partition coefficient (Wildman–Crippen LogP) is 4.91. The molecule has 0 heterocycles. The summed E-state index contributed by atoms with van der Waals surface area (Å²) in [7, 11) is 1.60. The first-order valence-electron chi connectivity index (χ1n) is 8.79. The molecule has 0 radical (unpaired) electrons. The van der Waals surface area contributed by atoms with Crippen molar-refractivity contribution in [1.82, 2.24) is 0 Å². The van der Waals surface area contributed by atoms with Crippen molar-refractivity contribution in [3.05, 3.63) is 95.6 Å². The fourth-order valence-corrected chi connectivity index (χ4v) is 2.71. The lowest BCUT2D eigenvalue weighted by atomic mass is 10.0. The SMILES string of the molecule is COc1ccc(CC(=O)Oc2cccc(/C=C(/C#N)c3ccccc3)c2)cc1. The van der Waals surface area contributed by atoms with Crippen molar-refractivity contribution >= 4 is 17.6 Å². The van der Waals surface area contributed by atoms with E-state index in [4.69, 9.17) is 9.47 Å².